The molecule has 0 amide bonds. The zero-order chi connectivity index (χ0) is 32.5. The summed E-state index contributed by atoms with van der Waals surface area (Å²) in [7, 11) is -4.01. The van der Waals surface area contributed by atoms with E-state index < -0.39 is 24.2 Å². The van der Waals surface area contributed by atoms with Crippen molar-refractivity contribution in [3.8, 4) is 0 Å². The van der Waals surface area contributed by atoms with Gasteiger partial charge in [0, 0.05) is 9.52 Å². The maximum atomic E-state index is 4.13. The average Bonchev–Trinajstić information content (AvgIpc) is 2.97. The van der Waals surface area contributed by atoms with Gasteiger partial charge in [0.2, 0.25) is 0 Å². The predicted octanol–water partition coefficient (Wildman–Crippen LogP) is 11.7. The Morgan fingerprint density at radius 1 is 0.614 bits per heavy atom. The van der Waals surface area contributed by atoms with Crippen LogP contribution in [-0.4, -0.2) is 39.9 Å². The molecule has 2 aromatic rings. The van der Waals surface area contributed by atoms with E-state index in [2.05, 4.69) is 138 Å². The summed E-state index contributed by atoms with van der Waals surface area (Å²) >= 11 is 0. The smallest absolute Gasteiger partial charge is 0.0511 e. The van der Waals surface area contributed by atoms with Crippen molar-refractivity contribution in [1.29, 1.82) is 0 Å². The zero-order valence-corrected chi connectivity index (χ0v) is 34.9. The van der Waals surface area contributed by atoms with Crippen molar-refractivity contribution in [3.05, 3.63) is 98.6 Å². The Labute approximate surface area is 280 Å². The van der Waals surface area contributed by atoms with Crippen molar-refractivity contribution < 1.29 is 0 Å². The molecule has 0 aliphatic rings. The van der Waals surface area contributed by atoms with Crippen LogP contribution in [0.2, 0.25) is 87.1 Å². The second-order valence-electron chi connectivity index (χ2n) is 15.8. The van der Waals surface area contributed by atoms with Crippen molar-refractivity contribution in [3.63, 3.8) is 0 Å². The number of hydrogen-bond acceptors (Lipinski definition) is 0. The molecule has 5 heteroatoms. The molecule has 0 aromatic heterocycles. The summed E-state index contributed by atoms with van der Waals surface area (Å²) < 4.78 is 0. The first-order valence-electron chi connectivity index (χ1n) is 17.6. The minimum atomic E-state index is -1.21. The van der Waals surface area contributed by atoms with Crippen LogP contribution in [0.15, 0.2) is 98.6 Å². The molecule has 0 N–H and O–H groups in total. The molecular formula is C39H67PSi4. The van der Waals surface area contributed by atoms with Gasteiger partial charge in [0.1, 0.15) is 0 Å². The lowest BCUT2D eigenvalue weighted by atomic mass is 9.95. The number of hydrogen-bond donors (Lipinski definition) is 0. The second-order valence-corrected chi connectivity index (χ2v) is 36.2. The van der Waals surface area contributed by atoms with Crippen molar-refractivity contribution in [2.24, 2.45) is 5.92 Å². The fourth-order valence-electron chi connectivity index (χ4n) is 7.00. The molecule has 0 saturated carbocycles. The van der Waals surface area contributed by atoms with E-state index in [9.17, 15) is 0 Å². The van der Waals surface area contributed by atoms with E-state index in [0.717, 1.165) is 11.5 Å². The van der Waals surface area contributed by atoms with Crippen LogP contribution in [0.3, 0.4) is 0 Å². The van der Waals surface area contributed by atoms with Gasteiger partial charge in [0.05, 0.1) is 24.2 Å². The van der Waals surface area contributed by atoms with Gasteiger partial charge in [-0.05, 0) is 54.3 Å². The van der Waals surface area contributed by atoms with Gasteiger partial charge in [0.25, 0.3) is 0 Å². The summed E-state index contributed by atoms with van der Waals surface area (Å²) in [5, 5.41) is 3.09. The largest absolute Gasteiger partial charge is 0.103 e. The van der Waals surface area contributed by atoms with Crippen LogP contribution in [0.25, 0.3) is 0 Å². The highest BCUT2D eigenvalue weighted by molar-refractivity contribution is 7.73. The van der Waals surface area contributed by atoms with Gasteiger partial charge < -0.3 is 0 Å². The SMILES string of the molecule is C=CC[Si](C)(C)CCCC(CC[Si](C)(C)CC=C)C(CC[Si](C)(C)CC=C)[SiH2]CCCP(c1ccccc1)c1ccccc1. The van der Waals surface area contributed by atoms with Gasteiger partial charge in [-0.3, -0.25) is 0 Å². The molecule has 0 nitrogen and oxygen atoms in total. The molecule has 2 rings (SSSR count). The molecule has 2 unspecified atom stereocenters. The van der Waals surface area contributed by atoms with Gasteiger partial charge in [-0.25, -0.2) is 0 Å². The lowest BCUT2D eigenvalue weighted by molar-refractivity contribution is 0.420. The molecule has 44 heavy (non-hydrogen) atoms. The summed E-state index contributed by atoms with van der Waals surface area (Å²) in [6.45, 7) is 27.9. The molecule has 2 aromatic carbocycles. The third-order valence-corrected chi connectivity index (χ3v) is 24.4. The van der Waals surface area contributed by atoms with Gasteiger partial charge in [-0.2, -0.15) is 0 Å². The van der Waals surface area contributed by atoms with Crippen LogP contribution in [0.5, 0.6) is 0 Å². The predicted molar refractivity (Wildman–Crippen MR) is 219 cm³/mol. The molecule has 0 saturated heterocycles. The van der Waals surface area contributed by atoms with E-state index in [1.165, 1.54) is 80.6 Å². The van der Waals surface area contributed by atoms with Crippen LogP contribution in [0.1, 0.15) is 32.1 Å². The topological polar surface area (TPSA) is 0 Å². The molecule has 0 heterocycles. The Balaban J connectivity index is 2.20. The van der Waals surface area contributed by atoms with E-state index in [1.54, 1.807) is 10.6 Å². The van der Waals surface area contributed by atoms with E-state index in [1.807, 2.05) is 0 Å². The van der Waals surface area contributed by atoms with E-state index in [4.69, 9.17) is 0 Å². The molecule has 244 valence electrons. The van der Waals surface area contributed by atoms with Gasteiger partial charge in [-0.1, -0.05) is 174 Å². The maximum absolute atomic E-state index is 4.13. The molecular weight excluding hydrogens is 612 g/mol. The monoisotopic (exact) mass is 678 g/mol. The quantitative estimate of drug-likeness (QED) is 0.0449. The highest BCUT2D eigenvalue weighted by Crippen LogP contribution is 2.39. The summed E-state index contributed by atoms with van der Waals surface area (Å²) in [6, 6.07) is 32.5. The molecule has 0 aliphatic heterocycles. The number of rotatable bonds is 24. The van der Waals surface area contributed by atoms with Crippen LogP contribution in [0.4, 0.5) is 0 Å². The third-order valence-electron chi connectivity index (χ3n) is 9.91. The lowest BCUT2D eigenvalue weighted by Gasteiger charge is -2.33. The first kappa shape index (κ1) is 39.1. The van der Waals surface area contributed by atoms with E-state index in [-0.39, 0.29) is 17.4 Å². The third kappa shape index (κ3) is 15.5. The Bertz CT molecular complexity index is 1040. The summed E-state index contributed by atoms with van der Waals surface area (Å²) in [4.78, 5) is 0. The Morgan fingerprint density at radius 2 is 1.07 bits per heavy atom. The van der Waals surface area contributed by atoms with Crippen molar-refractivity contribution in [2.75, 3.05) is 6.16 Å². The van der Waals surface area contributed by atoms with Crippen LogP contribution in [0, 0.1) is 5.92 Å². The van der Waals surface area contributed by atoms with Gasteiger partial charge in [-0.15, -0.1) is 19.7 Å². The summed E-state index contributed by atoms with van der Waals surface area (Å²) in [5.41, 5.74) is 1.00. The molecule has 0 fully saturated rings. The molecule has 0 bridgehead atoms. The van der Waals surface area contributed by atoms with Crippen molar-refractivity contribution >= 4 is 52.3 Å². The normalized spacial score (nSPS) is 14.2. The fraction of sp³-hybridized carbons (Fsp3) is 0.538. The highest BCUT2D eigenvalue weighted by Gasteiger charge is 2.29. The Hall–Kier alpha value is -1.04. The standard InChI is InChI=1S/C39H67PSi4/c1-10-30-42(4,5)33-19-21-36(26-34-43(6,7)31-11-2)39(27-35-44(8,9)32-12-3)41-29-20-28-40(37-22-15-13-16-23-37)38-24-17-14-18-25-38/h10-18,22-25,36,39H,1-3,19-21,26-35,41H2,4-9H3. The van der Waals surface area contributed by atoms with Gasteiger partial charge >= 0.3 is 0 Å². The van der Waals surface area contributed by atoms with E-state index in [0.29, 0.717) is 0 Å². The summed E-state index contributed by atoms with van der Waals surface area (Å²) in [6.07, 6.45) is 15.2. The highest BCUT2D eigenvalue weighted by atomic mass is 31.1. The average molecular weight is 679 g/mol. The minimum absolute atomic E-state index is 0.158. The molecule has 2 atom stereocenters. The zero-order valence-electron chi connectivity index (χ0n) is 29.6. The van der Waals surface area contributed by atoms with Crippen molar-refractivity contribution in [2.45, 2.75) is 119 Å². The van der Waals surface area contributed by atoms with Crippen LogP contribution in [-0.2, 0) is 0 Å². The van der Waals surface area contributed by atoms with Crippen LogP contribution >= 0.6 is 7.92 Å². The van der Waals surface area contributed by atoms with Crippen LogP contribution < -0.4 is 10.6 Å². The number of allylic oxidation sites excluding steroid dienone is 3. The maximum Gasteiger partial charge on any atom is 0.0511 e. The minimum Gasteiger partial charge on any atom is -0.103 e. The molecule has 0 aliphatic carbocycles. The fourth-order valence-corrected chi connectivity index (χ4v) is 19.2. The first-order chi connectivity index (χ1) is 20.9. The Morgan fingerprint density at radius 3 is 1.55 bits per heavy atom. The van der Waals surface area contributed by atoms with Gasteiger partial charge in [0.15, 0.2) is 0 Å². The molecule has 0 spiro atoms. The lowest BCUT2D eigenvalue weighted by Crippen LogP contribution is -2.29. The first-order valence-corrected chi connectivity index (χ1v) is 31.2. The number of benzene rings is 2. The van der Waals surface area contributed by atoms with Crippen molar-refractivity contribution in [1.82, 2.24) is 0 Å². The Kier molecular flexibility index (Phi) is 18.0. The second kappa shape index (κ2) is 20.2. The summed E-state index contributed by atoms with van der Waals surface area (Å²) in [5.74, 6) is 0.935. The van der Waals surface area contributed by atoms with E-state index >= 15 is 0 Å². The molecule has 0 radical (unpaired) electrons.